The Hall–Kier alpha value is -1.25. The van der Waals surface area contributed by atoms with Crippen LogP contribution in [0.25, 0.3) is 0 Å². The van der Waals surface area contributed by atoms with Crippen molar-refractivity contribution in [2.24, 2.45) is 23.7 Å². The quantitative estimate of drug-likeness (QED) is 0.855. The predicted octanol–water partition coefficient (Wildman–Crippen LogP) is 3.25. The molecule has 0 aliphatic heterocycles. The number of nitrogens with zero attached hydrogens (tertiary/aromatic N) is 1. The van der Waals surface area contributed by atoms with Crippen molar-refractivity contribution in [1.82, 2.24) is 4.98 Å². The van der Waals surface area contributed by atoms with Crippen LogP contribution in [0.5, 0.6) is 0 Å². The normalized spacial score (nSPS) is 39.5. The van der Waals surface area contributed by atoms with Crippen molar-refractivity contribution in [2.75, 3.05) is 18.1 Å². The maximum Gasteiger partial charge on any atom is 0.148 e. The monoisotopic (exact) mass is 257 g/mol. The first-order valence-corrected chi connectivity index (χ1v) is 7.67. The first-order chi connectivity index (χ1) is 9.24. The van der Waals surface area contributed by atoms with Crippen LogP contribution in [0.1, 0.15) is 43.6 Å². The minimum atomic E-state index is 0.730. The molecule has 1 aromatic rings. The zero-order chi connectivity index (χ0) is 13.0. The minimum Gasteiger partial charge on any atom is -0.396 e. The third-order valence-electron chi connectivity index (χ3n) is 5.79. The van der Waals surface area contributed by atoms with Crippen LogP contribution in [-0.4, -0.2) is 12.0 Å². The second-order valence-electron chi connectivity index (χ2n) is 6.91. The number of nitrogen functional groups attached to an aromatic ring is 1. The average Bonchev–Trinajstić information content (AvgIpc) is 2.37. The van der Waals surface area contributed by atoms with E-state index in [-0.39, 0.29) is 0 Å². The Labute approximate surface area is 115 Å². The molecule has 4 aliphatic rings. The van der Waals surface area contributed by atoms with Gasteiger partial charge in [-0.1, -0.05) is 0 Å². The van der Waals surface area contributed by atoms with Crippen molar-refractivity contribution in [3.63, 3.8) is 0 Å². The topological polar surface area (TPSA) is 50.9 Å². The van der Waals surface area contributed by atoms with E-state index in [0.717, 1.165) is 41.1 Å². The molecule has 5 rings (SSSR count). The third-order valence-corrected chi connectivity index (χ3v) is 5.79. The Bertz CT molecular complexity index is 469. The van der Waals surface area contributed by atoms with Crippen LogP contribution in [0.3, 0.4) is 0 Å². The molecule has 0 radical (unpaired) electrons. The molecule has 19 heavy (non-hydrogen) atoms. The molecule has 4 bridgehead atoms. The molecule has 3 N–H and O–H groups in total. The summed E-state index contributed by atoms with van der Waals surface area (Å²) < 4.78 is 0. The maximum atomic E-state index is 6.10. The highest BCUT2D eigenvalue weighted by molar-refractivity contribution is 5.61. The Morgan fingerprint density at radius 1 is 1.11 bits per heavy atom. The van der Waals surface area contributed by atoms with Gasteiger partial charge in [0.1, 0.15) is 5.82 Å². The van der Waals surface area contributed by atoms with Gasteiger partial charge in [-0.2, -0.15) is 0 Å². The summed E-state index contributed by atoms with van der Waals surface area (Å²) in [5.74, 6) is 5.40. The van der Waals surface area contributed by atoms with Gasteiger partial charge >= 0.3 is 0 Å². The van der Waals surface area contributed by atoms with Crippen molar-refractivity contribution in [1.29, 1.82) is 0 Å². The van der Waals surface area contributed by atoms with Gasteiger partial charge in [0.05, 0.1) is 5.69 Å². The predicted molar refractivity (Wildman–Crippen MR) is 78.0 cm³/mol. The summed E-state index contributed by atoms with van der Waals surface area (Å²) in [4.78, 5) is 4.49. The number of rotatable bonds is 2. The van der Waals surface area contributed by atoms with Crippen LogP contribution < -0.4 is 11.1 Å². The lowest BCUT2D eigenvalue weighted by Gasteiger charge is -2.54. The van der Waals surface area contributed by atoms with E-state index in [0.29, 0.717) is 0 Å². The number of hydrogen-bond donors (Lipinski definition) is 2. The van der Waals surface area contributed by atoms with Crippen LogP contribution in [0, 0.1) is 23.7 Å². The smallest absolute Gasteiger partial charge is 0.148 e. The lowest BCUT2D eigenvalue weighted by Crippen LogP contribution is -2.43. The number of nitrogens with two attached hydrogens (primary N) is 1. The summed E-state index contributed by atoms with van der Waals surface area (Å²) in [6, 6.07) is 2.17. The Kier molecular flexibility index (Phi) is 2.51. The molecule has 0 amide bonds. The van der Waals surface area contributed by atoms with Crippen LogP contribution in [0.15, 0.2) is 12.3 Å². The molecule has 102 valence electrons. The summed E-state index contributed by atoms with van der Waals surface area (Å²) in [5.41, 5.74) is 8.29. The van der Waals surface area contributed by atoms with Crippen molar-refractivity contribution in [3.8, 4) is 0 Å². The summed E-state index contributed by atoms with van der Waals surface area (Å²) in [7, 11) is 1.88. The highest BCUT2D eigenvalue weighted by Gasteiger charge is 2.48. The second-order valence-corrected chi connectivity index (χ2v) is 6.91. The standard InChI is InChI=1S/C16H23N3/c1-18-16-14(17)7-13(8-19-16)15-11-3-9-2-10(5-11)6-12(15)4-9/h7-12,15H,2-6,17H2,1H3,(H,18,19). The molecule has 4 fully saturated rings. The molecule has 1 aromatic heterocycles. The van der Waals surface area contributed by atoms with Crippen LogP contribution in [0.2, 0.25) is 0 Å². The molecule has 0 aromatic carbocycles. The van der Waals surface area contributed by atoms with E-state index >= 15 is 0 Å². The number of nitrogens with one attached hydrogen (secondary N) is 1. The SMILES string of the molecule is CNc1ncc(C2C3CC4CC(C3)CC2C4)cc1N. The molecule has 0 unspecified atom stereocenters. The zero-order valence-corrected chi connectivity index (χ0v) is 11.6. The van der Waals surface area contributed by atoms with Crippen molar-refractivity contribution in [2.45, 2.75) is 38.0 Å². The molecule has 4 aliphatic carbocycles. The van der Waals surface area contributed by atoms with Gasteiger partial charge in [-0.3, -0.25) is 0 Å². The van der Waals surface area contributed by atoms with E-state index in [2.05, 4.69) is 22.6 Å². The van der Waals surface area contributed by atoms with Gasteiger partial charge in [0, 0.05) is 13.2 Å². The van der Waals surface area contributed by atoms with E-state index in [1.807, 2.05) is 7.05 Å². The number of anilines is 2. The molecular weight excluding hydrogens is 234 g/mol. The Balaban J connectivity index is 1.67. The molecule has 0 spiro atoms. The number of pyridine rings is 1. The maximum absolute atomic E-state index is 6.10. The third kappa shape index (κ3) is 1.74. The minimum absolute atomic E-state index is 0.730. The van der Waals surface area contributed by atoms with Crippen LogP contribution >= 0.6 is 0 Å². The lowest BCUT2D eigenvalue weighted by atomic mass is 9.51. The van der Waals surface area contributed by atoms with Gasteiger partial charge in [-0.25, -0.2) is 4.98 Å². The lowest BCUT2D eigenvalue weighted by molar-refractivity contribution is -0.00285. The fourth-order valence-electron chi connectivity index (χ4n) is 5.36. The largest absolute Gasteiger partial charge is 0.396 e. The molecule has 0 saturated heterocycles. The summed E-state index contributed by atoms with van der Waals surface area (Å²) >= 11 is 0. The highest BCUT2D eigenvalue weighted by Crippen LogP contribution is 2.59. The van der Waals surface area contributed by atoms with Gasteiger partial charge in [0.2, 0.25) is 0 Å². The fourth-order valence-corrected chi connectivity index (χ4v) is 5.36. The summed E-state index contributed by atoms with van der Waals surface area (Å²) in [6.45, 7) is 0. The Morgan fingerprint density at radius 2 is 1.74 bits per heavy atom. The second kappa shape index (κ2) is 4.12. The first kappa shape index (κ1) is 11.6. The number of hydrogen-bond acceptors (Lipinski definition) is 3. The van der Waals surface area contributed by atoms with E-state index in [4.69, 9.17) is 5.73 Å². The molecular formula is C16H23N3. The van der Waals surface area contributed by atoms with Crippen molar-refractivity contribution < 1.29 is 0 Å². The first-order valence-electron chi connectivity index (χ1n) is 7.67. The van der Waals surface area contributed by atoms with Gasteiger partial charge < -0.3 is 11.1 Å². The average molecular weight is 257 g/mol. The van der Waals surface area contributed by atoms with E-state index in [1.54, 1.807) is 0 Å². The summed E-state index contributed by atoms with van der Waals surface area (Å²) in [6.07, 6.45) is 9.38. The molecule has 3 nitrogen and oxygen atoms in total. The zero-order valence-electron chi connectivity index (χ0n) is 11.6. The van der Waals surface area contributed by atoms with E-state index < -0.39 is 0 Å². The molecule has 0 atom stereocenters. The number of aromatic nitrogens is 1. The molecule has 4 saturated carbocycles. The fraction of sp³-hybridized carbons (Fsp3) is 0.688. The highest BCUT2D eigenvalue weighted by atomic mass is 15.0. The summed E-state index contributed by atoms with van der Waals surface area (Å²) in [5, 5.41) is 3.05. The van der Waals surface area contributed by atoms with Gasteiger partial charge in [-0.05, 0) is 73.3 Å². The molecule has 3 heteroatoms. The van der Waals surface area contributed by atoms with Crippen LogP contribution in [0.4, 0.5) is 11.5 Å². The van der Waals surface area contributed by atoms with Crippen molar-refractivity contribution in [3.05, 3.63) is 17.8 Å². The van der Waals surface area contributed by atoms with Gasteiger partial charge in [-0.15, -0.1) is 0 Å². The Morgan fingerprint density at radius 3 is 2.26 bits per heavy atom. The van der Waals surface area contributed by atoms with Crippen LogP contribution in [-0.2, 0) is 0 Å². The van der Waals surface area contributed by atoms with Gasteiger partial charge in [0.15, 0.2) is 0 Å². The van der Waals surface area contributed by atoms with E-state index in [1.165, 1.54) is 37.7 Å². The van der Waals surface area contributed by atoms with E-state index in [9.17, 15) is 0 Å². The molecule has 1 heterocycles. The van der Waals surface area contributed by atoms with Crippen molar-refractivity contribution >= 4 is 11.5 Å². The van der Waals surface area contributed by atoms with Gasteiger partial charge in [0.25, 0.3) is 0 Å².